The number of nitrogens with zero attached hydrogens (tertiary/aromatic N) is 3. The highest BCUT2D eigenvalue weighted by atomic mass is 32.1. The highest BCUT2D eigenvalue weighted by molar-refractivity contribution is 7.17. The number of hydrogen-bond donors (Lipinski definition) is 0. The number of amides is 1. The lowest BCUT2D eigenvalue weighted by molar-refractivity contribution is -0.130. The van der Waals surface area contributed by atoms with E-state index >= 15 is 0 Å². The second-order valence-corrected chi connectivity index (χ2v) is 6.82. The van der Waals surface area contributed by atoms with Gasteiger partial charge in [-0.05, 0) is 30.7 Å². The van der Waals surface area contributed by atoms with Crippen LogP contribution in [-0.4, -0.2) is 33.0 Å². The van der Waals surface area contributed by atoms with Crippen molar-refractivity contribution in [3.05, 3.63) is 32.3 Å². The molecule has 2 aromatic heterocycles. The molecule has 0 aromatic carbocycles. The van der Waals surface area contributed by atoms with E-state index in [9.17, 15) is 14.4 Å². The van der Waals surface area contributed by atoms with Gasteiger partial charge in [-0.1, -0.05) is 13.3 Å². The van der Waals surface area contributed by atoms with E-state index in [1.54, 1.807) is 16.3 Å². The van der Waals surface area contributed by atoms with Crippen LogP contribution < -0.4 is 11.2 Å². The normalized spacial score (nSPS) is 14.7. The van der Waals surface area contributed by atoms with Gasteiger partial charge in [-0.3, -0.25) is 18.7 Å². The highest BCUT2D eigenvalue weighted by Gasteiger charge is 2.21. The van der Waals surface area contributed by atoms with Gasteiger partial charge in [-0.15, -0.1) is 11.3 Å². The van der Waals surface area contributed by atoms with E-state index < -0.39 is 0 Å². The van der Waals surface area contributed by atoms with Crippen molar-refractivity contribution in [3.8, 4) is 0 Å². The van der Waals surface area contributed by atoms with Gasteiger partial charge in [0.05, 0.1) is 5.52 Å². The molecule has 23 heavy (non-hydrogen) atoms. The zero-order chi connectivity index (χ0) is 16.4. The molecule has 0 spiro atoms. The molecular formula is C16H21N3O3S. The third-order valence-corrected chi connectivity index (χ3v) is 5.22. The summed E-state index contributed by atoms with van der Waals surface area (Å²) >= 11 is 1.33. The van der Waals surface area contributed by atoms with Crippen LogP contribution in [0.4, 0.5) is 0 Å². The quantitative estimate of drug-likeness (QED) is 0.834. The standard InChI is InChI=1S/C16H21N3O3S/c1-2-3-9-18-15(21)14-12(6-10-23-14)19(16(18)22)11-13(20)17-7-4-5-8-17/h6,10H,2-5,7-9,11H2,1H3. The number of carbonyl (C=O) groups excluding carboxylic acids is 1. The number of fused-ring (bicyclic) bond motifs is 1. The van der Waals surface area contributed by atoms with E-state index in [2.05, 4.69) is 0 Å². The van der Waals surface area contributed by atoms with Gasteiger partial charge in [0, 0.05) is 19.6 Å². The Morgan fingerprint density at radius 3 is 2.65 bits per heavy atom. The first-order valence-corrected chi connectivity index (χ1v) is 9.00. The molecule has 1 amide bonds. The molecule has 1 saturated heterocycles. The van der Waals surface area contributed by atoms with Gasteiger partial charge >= 0.3 is 5.69 Å². The van der Waals surface area contributed by atoms with Crippen LogP contribution in [0.15, 0.2) is 21.0 Å². The Morgan fingerprint density at radius 1 is 1.22 bits per heavy atom. The summed E-state index contributed by atoms with van der Waals surface area (Å²) in [6, 6.07) is 1.75. The SMILES string of the molecule is CCCCn1c(=O)c2sccc2n(CC(=O)N2CCCC2)c1=O. The van der Waals surface area contributed by atoms with Crippen molar-refractivity contribution in [1.29, 1.82) is 0 Å². The Hall–Kier alpha value is -1.89. The predicted octanol–water partition coefficient (Wildman–Crippen LogP) is 1.65. The van der Waals surface area contributed by atoms with Crippen LogP contribution in [0.3, 0.4) is 0 Å². The Bertz CT molecular complexity index is 827. The molecule has 0 bridgehead atoms. The Kier molecular flexibility index (Phi) is 4.66. The van der Waals surface area contributed by atoms with Crippen molar-refractivity contribution in [1.82, 2.24) is 14.0 Å². The maximum Gasteiger partial charge on any atom is 0.332 e. The summed E-state index contributed by atoms with van der Waals surface area (Å²) in [5.41, 5.74) is -0.0366. The van der Waals surface area contributed by atoms with E-state index in [-0.39, 0.29) is 23.7 Å². The Morgan fingerprint density at radius 2 is 1.96 bits per heavy atom. The van der Waals surface area contributed by atoms with Crippen LogP contribution in [0.1, 0.15) is 32.6 Å². The van der Waals surface area contributed by atoms with Gasteiger partial charge in [0.15, 0.2) is 0 Å². The fourth-order valence-corrected chi connectivity index (χ4v) is 3.84. The highest BCUT2D eigenvalue weighted by Crippen LogP contribution is 2.16. The molecule has 0 aliphatic carbocycles. The van der Waals surface area contributed by atoms with Gasteiger partial charge in [-0.25, -0.2) is 4.79 Å². The third-order valence-electron chi connectivity index (χ3n) is 4.32. The lowest BCUT2D eigenvalue weighted by atomic mass is 10.3. The van der Waals surface area contributed by atoms with Crippen LogP contribution in [0.2, 0.25) is 0 Å². The summed E-state index contributed by atoms with van der Waals surface area (Å²) in [6.45, 7) is 3.95. The van der Waals surface area contributed by atoms with E-state index in [4.69, 9.17) is 0 Å². The van der Waals surface area contributed by atoms with Crippen LogP contribution in [0, 0.1) is 0 Å². The van der Waals surface area contributed by atoms with E-state index in [0.717, 1.165) is 38.8 Å². The summed E-state index contributed by atoms with van der Waals surface area (Å²) in [5, 5.41) is 1.80. The molecule has 0 atom stereocenters. The maximum atomic E-state index is 12.7. The minimum atomic E-state index is -0.373. The molecule has 3 heterocycles. The number of aromatic nitrogens is 2. The number of carbonyl (C=O) groups is 1. The van der Waals surface area contributed by atoms with E-state index in [1.165, 1.54) is 20.5 Å². The fourth-order valence-electron chi connectivity index (χ4n) is 3.00. The third kappa shape index (κ3) is 2.97. The van der Waals surface area contributed by atoms with Crippen LogP contribution in [0.25, 0.3) is 10.2 Å². The molecule has 2 aromatic rings. The lowest BCUT2D eigenvalue weighted by Crippen LogP contribution is -2.42. The van der Waals surface area contributed by atoms with Crippen LogP contribution in [-0.2, 0) is 17.9 Å². The molecule has 1 fully saturated rings. The number of thiophene rings is 1. The van der Waals surface area contributed by atoms with Crippen molar-refractivity contribution in [2.75, 3.05) is 13.1 Å². The zero-order valence-electron chi connectivity index (χ0n) is 13.3. The summed E-state index contributed by atoms with van der Waals surface area (Å²) in [7, 11) is 0. The first kappa shape index (κ1) is 16.0. The molecule has 0 N–H and O–H groups in total. The molecule has 1 aliphatic heterocycles. The fraction of sp³-hybridized carbons (Fsp3) is 0.562. The first-order valence-electron chi connectivity index (χ1n) is 8.12. The molecule has 0 unspecified atom stereocenters. The average Bonchev–Trinajstić information content (AvgIpc) is 3.22. The topological polar surface area (TPSA) is 64.3 Å². The van der Waals surface area contributed by atoms with Gasteiger partial charge in [0.2, 0.25) is 5.91 Å². The minimum Gasteiger partial charge on any atom is -0.341 e. The molecule has 6 nitrogen and oxygen atoms in total. The smallest absolute Gasteiger partial charge is 0.332 e. The number of hydrogen-bond acceptors (Lipinski definition) is 4. The first-order chi connectivity index (χ1) is 11.1. The summed E-state index contributed by atoms with van der Waals surface area (Å²) < 4.78 is 3.29. The van der Waals surface area contributed by atoms with Crippen LogP contribution >= 0.6 is 11.3 Å². The zero-order valence-corrected chi connectivity index (χ0v) is 14.1. The van der Waals surface area contributed by atoms with Crippen LogP contribution in [0.5, 0.6) is 0 Å². The second-order valence-electron chi connectivity index (χ2n) is 5.90. The van der Waals surface area contributed by atoms with Crippen molar-refractivity contribution >= 4 is 27.5 Å². The minimum absolute atomic E-state index is 0.0124. The molecule has 0 saturated carbocycles. The van der Waals surface area contributed by atoms with Gasteiger partial charge in [-0.2, -0.15) is 0 Å². The van der Waals surface area contributed by atoms with E-state index in [0.29, 0.717) is 16.8 Å². The van der Waals surface area contributed by atoms with Crippen molar-refractivity contribution < 1.29 is 4.79 Å². The Labute approximate surface area is 138 Å². The van der Waals surface area contributed by atoms with E-state index in [1.807, 2.05) is 6.92 Å². The molecule has 0 radical (unpaired) electrons. The molecule has 1 aliphatic rings. The number of unbranched alkanes of at least 4 members (excludes halogenated alkanes) is 1. The van der Waals surface area contributed by atoms with Gasteiger partial charge in [0.1, 0.15) is 11.2 Å². The van der Waals surface area contributed by atoms with Crippen molar-refractivity contribution in [2.45, 2.75) is 45.7 Å². The molecule has 3 rings (SSSR count). The lowest BCUT2D eigenvalue weighted by Gasteiger charge is -2.17. The number of likely N-dealkylation sites (tertiary alicyclic amines) is 1. The predicted molar refractivity (Wildman–Crippen MR) is 91.1 cm³/mol. The van der Waals surface area contributed by atoms with Gasteiger partial charge in [0.25, 0.3) is 5.56 Å². The molecule has 124 valence electrons. The van der Waals surface area contributed by atoms with Crippen molar-refractivity contribution in [2.24, 2.45) is 0 Å². The summed E-state index contributed by atoms with van der Waals surface area (Å²) in [4.78, 5) is 39.4. The molecular weight excluding hydrogens is 314 g/mol. The summed E-state index contributed by atoms with van der Waals surface area (Å²) in [6.07, 6.45) is 3.71. The largest absolute Gasteiger partial charge is 0.341 e. The maximum absolute atomic E-state index is 12.7. The number of rotatable bonds is 5. The average molecular weight is 335 g/mol. The van der Waals surface area contributed by atoms with Crippen molar-refractivity contribution in [3.63, 3.8) is 0 Å². The summed E-state index contributed by atoms with van der Waals surface area (Å²) in [5.74, 6) is -0.0437. The molecule has 7 heteroatoms. The monoisotopic (exact) mass is 335 g/mol. The Balaban J connectivity index is 2.04. The van der Waals surface area contributed by atoms with Gasteiger partial charge < -0.3 is 4.90 Å². The second kappa shape index (κ2) is 6.70.